The Labute approximate surface area is 146 Å². The minimum Gasteiger partial charge on any atom is -0.367 e. The molecule has 2 aliphatic heterocycles. The Morgan fingerprint density at radius 2 is 2.12 bits per heavy atom. The summed E-state index contributed by atoms with van der Waals surface area (Å²) in [6.07, 6.45) is 7.06. The molecule has 2 aromatic heterocycles. The molecule has 0 saturated carbocycles. The van der Waals surface area contributed by atoms with Gasteiger partial charge in [0.15, 0.2) is 0 Å². The van der Waals surface area contributed by atoms with Crippen LogP contribution < -0.4 is 5.32 Å². The van der Waals surface area contributed by atoms with E-state index in [0.717, 1.165) is 36.1 Å². The van der Waals surface area contributed by atoms with Gasteiger partial charge in [0.1, 0.15) is 11.0 Å². The molecule has 2 aromatic rings. The summed E-state index contributed by atoms with van der Waals surface area (Å²) in [7, 11) is 0. The molecule has 2 atom stereocenters. The van der Waals surface area contributed by atoms with E-state index in [2.05, 4.69) is 26.3 Å². The Balaban J connectivity index is 1.53. The van der Waals surface area contributed by atoms with Crippen molar-refractivity contribution in [2.24, 2.45) is 0 Å². The number of rotatable bonds is 4. The molecule has 0 aliphatic carbocycles. The van der Waals surface area contributed by atoms with E-state index in [1.165, 1.54) is 12.8 Å². The van der Waals surface area contributed by atoms with Crippen LogP contribution in [0.2, 0.25) is 5.15 Å². The highest BCUT2D eigenvalue weighted by Crippen LogP contribution is 2.37. The molecule has 6 heteroatoms. The Bertz CT molecular complexity index is 773. The average molecular weight is 342 g/mol. The van der Waals surface area contributed by atoms with Gasteiger partial charge in [-0.2, -0.15) is 5.26 Å². The number of aromatic nitrogens is 2. The van der Waals surface area contributed by atoms with Gasteiger partial charge < -0.3 is 5.32 Å². The summed E-state index contributed by atoms with van der Waals surface area (Å²) in [4.78, 5) is 11.4. The molecule has 0 spiro atoms. The maximum absolute atomic E-state index is 8.85. The van der Waals surface area contributed by atoms with Crippen molar-refractivity contribution in [1.82, 2.24) is 14.9 Å². The lowest BCUT2D eigenvalue weighted by Gasteiger charge is -2.39. The zero-order chi connectivity index (χ0) is 16.5. The molecule has 2 fully saturated rings. The number of anilines is 1. The fourth-order valence-electron chi connectivity index (χ4n) is 4.28. The minimum absolute atomic E-state index is 0.398. The molecular weight excluding hydrogens is 322 g/mol. The second-order valence-electron chi connectivity index (χ2n) is 6.71. The van der Waals surface area contributed by atoms with Crippen molar-refractivity contribution < 1.29 is 0 Å². The van der Waals surface area contributed by atoms with Crippen molar-refractivity contribution in [3.05, 3.63) is 29.5 Å². The van der Waals surface area contributed by atoms with Crippen molar-refractivity contribution >= 4 is 28.3 Å². The number of nitrogens with zero attached hydrogens (tertiary/aromatic N) is 4. The highest BCUT2D eigenvalue weighted by Gasteiger charge is 2.40. The molecule has 124 valence electrons. The van der Waals surface area contributed by atoms with Crippen LogP contribution in [0.15, 0.2) is 24.4 Å². The molecule has 2 saturated heterocycles. The van der Waals surface area contributed by atoms with Crippen LogP contribution in [0.5, 0.6) is 0 Å². The molecular formula is C18H20ClN5. The zero-order valence-corrected chi connectivity index (χ0v) is 14.2. The normalized spacial score (nSPS) is 26.4. The maximum atomic E-state index is 8.85. The lowest BCUT2D eigenvalue weighted by molar-refractivity contribution is 0.136. The van der Waals surface area contributed by atoms with Gasteiger partial charge in [-0.15, -0.1) is 0 Å². The van der Waals surface area contributed by atoms with Gasteiger partial charge in [-0.05, 0) is 37.8 Å². The molecule has 24 heavy (non-hydrogen) atoms. The van der Waals surface area contributed by atoms with Crippen molar-refractivity contribution in [3.63, 3.8) is 0 Å². The van der Waals surface area contributed by atoms with E-state index in [1.54, 1.807) is 12.3 Å². The van der Waals surface area contributed by atoms with Crippen LogP contribution >= 0.6 is 11.6 Å². The van der Waals surface area contributed by atoms with Crippen molar-refractivity contribution in [2.75, 3.05) is 11.9 Å². The number of nitriles is 1. The first-order valence-corrected chi connectivity index (χ1v) is 8.93. The van der Waals surface area contributed by atoms with Crippen LogP contribution in [0.1, 0.15) is 32.1 Å². The third-order valence-corrected chi connectivity index (χ3v) is 5.47. The number of hydrogen-bond acceptors (Lipinski definition) is 5. The minimum atomic E-state index is 0.398. The number of nitrogens with one attached hydrogen (secondary N) is 1. The van der Waals surface area contributed by atoms with E-state index in [0.29, 0.717) is 29.7 Å². The van der Waals surface area contributed by atoms with E-state index >= 15 is 0 Å². The van der Waals surface area contributed by atoms with Gasteiger partial charge in [0, 0.05) is 48.7 Å². The first-order valence-electron chi connectivity index (χ1n) is 8.55. The van der Waals surface area contributed by atoms with Crippen LogP contribution in [0.4, 0.5) is 5.82 Å². The smallest absolute Gasteiger partial charge is 0.137 e. The van der Waals surface area contributed by atoms with E-state index < -0.39 is 0 Å². The van der Waals surface area contributed by atoms with Gasteiger partial charge in [-0.1, -0.05) is 11.6 Å². The van der Waals surface area contributed by atoms with Crippen LogP contribution in [0.25, 0.3) is 10.9 Å². The number of hydrogen-bond donors (Lipinski definition) is 1. The van der Waals surface area contributed by atoms with Gasteiger partial charge in [-0.25, -0.2) is 4.98 Å². The Kier molecular flexibility index (Phi) is 4.26. The van der Waals surface area contributed by atoms with Crippen molar-refractivity contribution in [3.8, 4) is 6.07 Å². The lowest BCUT2D eigenvalue weighted by Crippen LogP contribution is -2.47. The molecule has 0 radical (unpaired) electrons. The fraction of sp³-hybridized carbons (Fsp3) is 0.500. The summed E-state index contributed by atoms with van der Waals surface area (Å²) >= 11 is 6.16. The Morgan fingerprint density at radius 1 is 1.33 bits per heavy atom. The molecule has 2 bridgehead atoms. The van der Waals surface area contributed by atoms with Gasteiger partial charge in [0.05, 0.1) is 11.6 Å². The fourth-order valence-corrected chi connectivity index (χ4v) is 4.47. The highest BCUT2D eigenvalue weighted by atomic mass is 35.5. The Hall–Kier alpha value is -1.90. The first kappa shape index (κ1) is 15.6. The Morgan fingerprint density at radius 3 is 2.88 bits per heavy atom. The van der Waals surface area contributed by atoms with Gasteiger partial charge >= 0.3 is 0 Å². The number of halogens is 1. The van der Waals surface area contributed by atoms with Crippen LogP contribution in [0.3, 0.4) is 0 Å². The summed E-state index contributed by atoms with van der Waals surface area (Å²) in [5.41, 5.74) is 0.870. The second-order valence-corrected chi connectivity index (χ2v) is 7.09. The van der Waals surface area contributed by atoms with Crippen molar-refractivity contribution in [2.45, 2.75) is 50.2 Å². The third-order valence-electron chi connectivity index (χ3n) is 5.28. The molecule has 2 aliphatic rings. The first-order chi connectivity index (χ1) is 11.7. The van der Waals surface area contributed by atoms with Crippen LogP contribution in [0, 0.1) is 11.3 Å². The molecule has 0 unspecified atom stereocenters. The molecule has 0 amide bonds. The maximum Gasteiger partial charge on any atom is 0.137 e. The predicted octanol–water partition coefficient (Wildman–Crippen LogP) is 3.60. The standard InChI is InChI=1S/C18H20ClN5/c19-17-11-16-15(3-1-7-21-16)18(23-17)22-12-9-13-4-5-14(10-12)24(13)8-2-6-20/h1,3,7,11-14H,2,4-5,8-10H2,(H,22,23)/t13-,14-/m1/s1. The molecule has 4 rings (SSSR count). The summed E-state index contributed by atoms with van der Waals surface area (Å²) < 4.78 is 0. The van der Waals surface area contributed by atoms with Gasteiger partial charge in [-0.3, -0.25) is 9.88 Å². The lowest BCUT2D eigenvalue weighted by atomic mass is 9.97. The topological polar surface area (TPSA) is 64.8 Å². The monoisotopic (exact) mass is 341 g/mol. The zero-order valence-electron chi connectivity index (χ0n) is 13.5. The van der Waals surface area contributed by atoms with Crippen LogP contribution in [-0.2, 0) is 0 Å². The van der Waals surface area contributed by atoms with Gasteiger partial charge in [0.25, 0.3) is 0 Å². The second kappa shape index (κ2) is 6.54. The van der Waals surface area contributed by atoms with E-state index in [-0.39, 0.29) is 0 Å². The SMILES string of the molecule is N#CCCN1[C@@H]2CC[C@@H]1CC(Nc1nc(Cl)cc3ncccc13)C2. The summed E-state index contributed by atoms with van der Waals surface area (Å²) in [6, 6.07) is 9.60. The summed E-state index contributed by atoms with van der Waals surface area (Å²) in [5, 5.41) is 13.9. The quantitative estimate of drug-likeness (QED) is 0.861. The molecule has 1 N–H and O–H groups in total. The van der Waals surface area contributed by atoms with Gasteiger partial charge in [0.2, 0.25) is 0 Å². The number of fused-ring (bicyclic) bond motifs is 3. The largest absolute Gasteiger partial charge is 0.367 e. The van der Waals surface area contributed by atoms with Crippen LogP contribution in [-0.4, -0.2) is 39.5 Å². The number of piperidine rings is 1. The summed E-state index contributed by atoms with van der Waals surface area (Å²) in [5.74, 6) is 0.834. The third kappa shape index (κ3) is 2.92. The predicted molar refractivity (Wildman–Crippen MR) is 94.9 cm³/mol. The molecule has 5 nitrogen and oxygen atoms in total. The number of pyridine rings is 2. The van der Waals surface area contributed by atoms with E-state index in [9.17, 15) is 0 Å². The van der Waals surface area contributed by atoms with E-state index in [4.69, 9.17) is 16.9 Å². The molecule has 0 aromatic carbocycles. The summed E-state index contributed by atoms with van der Waals surface area (Å²) in [6.45, 7) is 0.904. The highest BCUT2D eigenvalue weighted by molar-refractivity contribution is 6.30. The van der Waals surface area contributed by atoms with E-state index in [1.807, 2.05) is 12.1 Å². The molecule has 4 heterocycles. The van der Waals surface area contributed by atoms with Crippen molar-refractivity contribution in [1.29, 1.82) is 5.26 Å². The average Bonchev–Trinajstić information content (AvgIpc) is 2.81.